The first-order valence-electron chi connectivity index (χ1n) is 13.1. The van der Waals surface area contributed by atoms with Crippen LogP contribution in [0, 0.1) is 0 Å². The van der Waals surface area contributed by atoms with E-state index in [0.29, 0.717) is 31.0 Å². The molecule has 1 saturated heterocycles. The molecular formula is C29H36N6O3. The number of urea groups is 1. The standard InChI is InChI=1S/C29H36N6O3/c30-25-9-4-5-10-26(25)33-28(36)27-12-11-24(21-32-27)22-35(16-6-15-34-17-19-38-20-18-34)29(37)31-14-13-23-7-2-1-3-8-23/h1-5,7-12,21H,6,13-20,22,30H2,(H,31,37)(H,33,36). The minimum absolute atomic E-state index is 0.107. The maximum Gasteiger partial charge on any atom is 0.317 e. The van der Waals surface area contributed by atoms with E-state index >= 15 is 0 Å². The van der Waals surface area contributed by atoms with Crippen molar-refractivity contribution in [1.82, 2.24) is 20.1 Å². The van der Waals surface area contributed by atoms with Crippen molar-refractivity contribution >= 4 is 23.3 Å². The Labute approximate surface area is 224 Å². The molecular weight excluding hydrogens is 480 g/mol. The van der Waals surface area contributed by atoms with Gasteiger partial charge in [0.15, 0.2) is 0 Å². The summed E-state index contributed by atoms with van der Waals surface area (Å²) in [6.45, 7) is 5.85. The molecule has 38 heavy (non-hydrogen) atoms. The molecule has 0 atom stereocenters. The van der Waals surface area contributed by atoms with Gasteiger partial charge in [-0.1, -0.05) is 48.5 Å². The van der Waals surface area contributed by atoms with Crippen LogP contribution in [-0.2, 0) is 17.7 Å². The first-order chi connectivity index (χ1) is 18.6. The van der Waals surface area contributed by atoms with Crippen molar-refractivity contribution in [2.45, 2.75) is 19.4 Å². The summed E-state index contributed by atoms with van der Waals surface area (Å²) in [6.07, 6.45) is 3.28. The molecule has 3 aromatic rings. The van der Waals surface area contributed by atoms with Crippen LogP contribution in [0.25, 0.3) is 0 Å². The highest BCUT2D eigenvalue weighted by Crippen LogP contribution is 2.17. The Morgan fingerprint density at radius 2 is 1.74 bits per heavy atom. The van der Waals surface area contributed by atoms with Crippen molar-refractivity contribution in [3.8, 4) is 0 Å². The number of hydrogen-bond acceptors (Lipinski definition) is 6. The van der Waals surface area contributed by atoms with Crippen molar-refractivity contribution < 1.29 is 14.3 Å². The second-order valence-electron chi connectivity index (χ2n) is 9.29. The van der Waals surface area contributed by atoms with Crippen molar-refractivity contribution in [3.63, 3.8) is 0 Å². The number of nitrogen functional groups attached to an aromatic ring is 1. The largest absolute Gasteiger partial charge is 0.397 e. The Kier molecular flexibility index (Phi) is 10.1. The fourth-order valence-electron chi connectivity index (χ4n) is 4.30. The molecule has 0 saturated carbocycles. The van der Waals surface area contributed by atoms with Gasteiger partial charge in [0.2, 0.25) is 0 Å². The molecule has 3 amide bonds. The molecule has 2 heterocycles. The summed E-state index contributed by atoms with van der Waals surface area (Å²) in [5.74, 6) is -0.338. The van der Waals surface area contributed by atoms with E-state index in [1.165, 1.54) is 5.56 Å². The van der Waals surface area contributed by atoms with Gasteiger partial charge in [0, 0.05) is 45.5 Å². The minimum atomic E-state index is -0.338. The molecule has 0 bridgehead atoms. The summed E-state index contributed by atoms with van der Waals surface area (Å²) in [5.41, 5.74) is 9.27. The lowest BCUT2D eigenvalue weighted by molar-refractivity contribution is 0.0364. The summed E-state index contributed by atoms with van der Waals surface area (Å²) < 4.78 is 5.43. The highest BCUT2D eigenvalue weighted by atomic mass is 16.5. The van der Waals surface area contributed by atoms with Gasteiger partial charge in [0.05, 0.1) is 24.6 Å². The maximum atomic E-state index is 13.1. The van der Waals surface area contributed by atoms with E-state index in [-0.39, 0.29) is 17.6 Å². The van der Waals surface area contributed by atoms with E-state index < -0.39 is 0 Å². The van der Waals surface area contributed by atoms with Crippen LogP contribution in [0.15, 0.2) is 72.9 Å². The monoisotopic (exact) mass is 516 g/mol. The number of para-hydroxylation sites is 2. The third-order valence-electron chi connectivity index (χ3n) is 6.47. The van der Waals surface area contributed by atoms with E-state index in [4.69, 9.17) is 10.5 Å². The summed E-state index contributed by atoms with van der Waals surface area (Å²) in [4.78, 5) is 34.2. The number of nitrogens with zero attached hydrogens (tertiary/aromatic N) is 3. The van der Waals surface area contributed by atoms with Crippen molar-refractivity contribution in [2.24, 2.45) is 0 Å². The maximum absolute atomic E-state index is 13.1. The fraction of sp³-hybridized carbons (Fsp3) is 0.345. The van der Waals surface area contributed by atoms with E-state index in [1.54, 1.807) is 30.5 Å². The minimum Gasteiger partial charge on any atom is -0.397 e. The van der Waals surface area contributed by atoms with Gasteiger partial charge < -0.3 is 26.0 Å². The number of morpholine rings is 1. The third kappa shape index (κ3) is 8.29. The number of amides is 3. The second kappa shape index (κ2) is 14.1. The van der Waals surface area contributed by atoms with Gasteiger partial charge in [0.1, 0.15) is 5.69 Å². The lowest BCUT2D eigenvalue weighted by Gasteiger charge is -2.28. The van der Waals surface area contributed by atoms with Gasteiger partial charge in [-0.3, -0.25) is 14.7 Å². The smallest absolute Gasteiger partial charge is 0.317 e. The third-order valence-corrected chi connectivity index (χ3v) is 6.47. The van der Waals surface area contributed by atoms with Gasteiger partial charge in [-0.25, -0.2) is 4.79 Å². The first kappa shape index (κ1) is 27.1. The molecule has 1 aliphatic rings. The molecule has 200 valence electrons. The fourth-order valence-corrected chi connectivity index (χ4v) is 4.30. The van der Waals surface area contributed by atoms with Crippen LogP contribution in [-0.4, -0.2) is 72.7 Å². The first-order valence-corrected chi connectivity index (χ1v) is 13.1. The average molecular weight is 517 g/mol. The number of hydrogen-bond donors (Lipinski definition) is 3. The van der Waals surface area contributed by atoms with E-state index in [9.17, 15) is 9.59 Å². The normalized spacial score (nSPS) is 13.6. The highest BCUT2D eigenvalue weighted by Gasteiger charge is 2.17. The van der Waals surface area contributed by atoms with E-state index in [0.717, 1.165) is 51.3 Å². The van der Waals surface area contributed by atoms with Gasteiger partial charge in [-0.05, 0) is 42.2 Å². The van der Waals surface area contributed by atoms with Crippen molar-refractivity contribution in [1.29, 1.82) is 0 Å². The zero-order valence-corrected chi connectivity index (χ0v) is 21.6. The molecule has 1 aliphatic heterocycles. The predicted octanol–water partition coefficient (Wildman–Crippen LogP) is 3.39. The lowest BCUT2D eigenvalue weighted by atomic mass is 10.1. The molecule has 0 aliphatic carbocycles. The number of rotatable bonds is 11. The Hall–Kier alpha value is -3.95. The SMILES string of the molecule is Nc1ccccc1NC(=O)c1ccc(CN(CCCN2CCOCC2)C(=O)NCCc2ccccc2)cn1. The highest BCUT2D eigenvalue weighted by molar-refractivity contribution is 6.04. The Balaban J connectivity index is 1.34. The van der Waals surface area contributed by atoms with Gasteiger partial charge >= 0.3 is 6.03 Å². The number of pyridine rings is 1. The topological polar surface area (TPSA) is 113 Å². The second-order valence-corrected chi connectivity index (χ2v) is 9.29. The van der Waals surface area contributed by atoms with Crippen molar-refractivity contribution in [2.75, 3.05) is 57.0 Å². The Morgan fingerprint density at radius 3 is 2.47 bits per heavy atom. The van der Waals surface area contributed by atoms with Gasteiger partial charge in [0.25, 0.3) is 5.91 Å². The van der Waals surface area contributed by atoms with E-state index in [1.807, 2.05) is 35.2 Å². The number of carbonyl (C=O) groups is 2. The summed E-state index contributed by atoms with van der Waals surface area (Å²) in [7, 11) is 0. The molecule has 4 rings (SSSR count). The molecule has 0 radical (unpaired) electrons. The molecule has 9 nitrogen and oxygen atoms in total. The molecule has 9 heteroatoms. The molecule has 2 aromatic carbocycles. The van der Waals surface area contributed by atoms with Crippen LogP contribution >= 0.6 is 0 Å². The number of nitrogens with two attached hydrogens (primary N) is 1. The molecule has 1 aromatic heterocycles. The van der Waals surface area contributed by atoms with Crippen LogP contribution in [0.5, 0.6) is 0 Å². The summed E-state index contributed by atoms with van der Waals surface area (Å²) in [6, 6.07) is 20.6. The average Bonchev–Trinajstić information content (AvgIpc) is 2.95. The Morgan fingerprint density at radius 1 is 0.974 bits per heavy atom. The van der Waals surface area contributed by atoms with Crippen LogP contribution < -0.4 is 16.4 Å². The molecule has 0 spiro atoms. The van der Waals surface area contributed by atoms with Crippen LogP contribution in [0.4, 0.5) is 16.2 Å². The number of aromatic nitrogens is 1. The van der Waals surface area contributed by atoms with Gasteiger partial charge in [-0.2, -0.15) is 0 Å². The summed E-state index contributed by atoms with van der Waals surface area (Å²) in [5, 5.41) is 5.85. The number of carbonyl (C=O) groups excluding carboxylic acids is 2. The molecule has 1 fully saturated rings. The van der Waals surface area contributed by atoms with E-state index in [2.05, 4.69) is 32.7 Å². The summed E-state index contributed by atoms with van der Waals surface area (Å²) >= 11 is 0. The zero-order chi connectivity index (χ0) is 26.6. The number of anilines is 2. The predicted molar refractivity (Wildman–Crippen MR) is 149 cm³/mol. The lowest BCUT2D eigenvalue weighted by Crippen LogP contribution is -2.42. The zero-order valence-electron chi connectivity index (χ0n) is 21.6. The number of ether oxygens (including phenoxy) is 1. The van der Waals surface area contributed by atoms with Crippen molar-refractivity contribution in [3.05, 3.63) is 89.7 Å². The molecule has 0 unspecified atom stereocenters. The van der Waals surface area contributed by atoms with Crippen LogP contribution in [0.3, 0.4) is 0 Å². The van der Waals surface area contributed by atoms with Gasteiger partial charge in [-0.15, -0.1) is 0 Å². The van der Waals surface area contributed by atoms with Crippen LogP contribution in [0.2, 0.25) is 0 Å². The quantitative estimate of drug-likeness (QED) is 0.337. The Bertz CT molecular complexity index is 1170. The number of benzene rings is 2. The molecule has 4 N–H and O–H groups in total. The van der Waals surface area contributed by atoms with Crippen LogP contribution in [0.1, 0.15) is 28.0 Å². The number of nitrogens with one attached hydrogen (secondary N) is 2.